The summed E-state index contributed by atoms with van der Waals surface area (Å²) in [4.78, 5) is 0. The van der Waals surface area contributed by atoms with Gasteiger partial charge in [-0.15, -0.1) is 0 Å². The van der Waals surface area contributed by atoms with Crippen molar-refractivity contribution in [2.45, 2.75) is 78.2 Å². The number of quaternary nitrogens is 3. The highest BCUT2D eigenvalue weighted by molar-refractivity contribution is 7.80. The number of aliphatic hydroxyl groups is 6. The van der Waals surface area contributed by atoms with Crippen LogP contribution in [0.15, 0.2) is 0 Å². The molecule has 0 aliphatic carbocycles. The molecule has 0 heterocycles. The molecule has 19 heteroatoms. The molecule has 0 rings (SSSR count). The Morgan fingerprint density at radius 1 is 0.477 bits per heavy atom. The predicted molar refractivity (Wildman–Crippen MR) is 163 cm³/mol. The van der Waals surface area contributed by atoms with Gasteiger partial charge in [-0.3, -0.25) is 12.6 Å². The fraction of sp³-hybridized carbons (Fsp3) is 1.00. The topological polar surface area (TPSA) is 268 Å². The maximum atomic E-state index is 9.22. The normalized spacial score (nSPS) is 16.4. The summed E-state index contributed by atoms with van der Waals surface area (Å²) >= 11 is 0. The van der Waals surface area contributed by atoms with Crippen molar-refractivity contribution in [3.05, 3.63) is 0 Å². The van der Waals surface area contributed by atoms with E-state index in [-0.39, 0.29) is 36.6 Å². The van der Waals surface area contributed by atoms with Gasteiger partial charge in [-0.25, -0.2) is 8.42 Å². The first-order chi connectivity index (χ1) is 19.1. The van der Waals surface area contributed by atoms with Crippen LogP contribution in [0.3, 0.4) is 0 Å². The maximum Gasteiger partial charge on any atom is 0.217 e. The van der Waals surface area contributed by atoms with Crippen LogP contribution in [-0.2, 0) is 25.0 Å². The molecule has 0 aliphatic heterocycles. The molecule has 0 saturated heterocycles. The van der Waals surface area contributed by atoms with Gasteiger partial charge in [0.05, 0.1) is 49.4 Å². The Labute approximate surface area is 266 Å². The lowest BCUT2D eigenvalue weighted by Crippen LogP contribution is -2.48. The van der Waals surface area contributed by atoms with E-state index < -0.39 is 20.8 Å². The minimum Gasteiger partial charge on any atom is -0.759 e. The Balaban J connectivity index is -0.000000149. The van der Waals surface area contributed by atoms with E-state index >= 15 is 0 Å². The maximum absolute atomic E-state index is 9.22. The van der Waals surface area contributed by atoms with Crippen molar-refractivity contribution < 1.29 is 78.8 Å². The zero-order valence-electron chi connectivity index (χ0n) is 28.8. The van der Waals surface area contributed by atoms with Gasteiger partial charge in [-0.2, -0.15) is 0 Å². The summed E-state index contributed by atoms with van der Waals surface area (Å²) in [5, 5.41) is 54.6. The molecule has 0 amide bonds. The summed E-state index contributed by atoms with van der Waals surface area (Å²) in [5.74, 6) is 0. The van der Waals surface area contributed by atoms with Crippen LogP contribution in [0.25, 0.3) is 0 Å². The van der Waals surface area contributed by atoms with Gasteiger partial charge in [0.1, 0.15) is 75.9 Å². The molecule has 6 N–H and O–H groups in total. The standard InChI is InChI=1S/3C8H20NO2.CH4O4S.H2O4S/c3*1-7(10)5-9(3,4)6-8(2)11;1-5-6(2,3)4;1-5(2,3)4/h3*7-8,10-11H,5-6H2,1-4H3;1H3,(H,2,3,4);(H2,1,2,3,4)/q3*+1;;/p-3. The highest BCUT2D eigenvalue weighted by Gasteiger charge is 2.21. The third kappa shape index (κ3) is 64.4. The third-order valence-electron chi connectivity index (χ3n) is 4.75. The summed E-state index contributed by atoms with van der Waals surface area (Å²) in [6.07, 6.45) is -1.81. The molecular weight excluding hydrogens is 630 g/mol. The molecule has 6 atom stereocenters. The molecule has 17 nitrogen and oxygen atoms in total. The zero-order valence-corrected chi connectivity index (χ0v) is 30.4. The lowest BCUT2D eigenvalue weighted by molar-refractivity contribution is -0.895. The summed E-state index contributed by atoms with van der Waals surface area (Å²) in [5.41, 5.74) is 0. The second-order valence-corrected chi connectivity index (χ2v) is 14.9. The Bertz CT molecular complexity index is 781. The molecule has 0 aromatic heterocycles. The summed E-state index contributed by atoms with van der Waals surface area (Å²) in [7, 11) is 3.23. The average molecular weight is 694 g/mol. The first-order valence-corrected chi connectivity index (χ1v) is 16.5. The fourth-order valence-electron chi connectivity index (χ4n) is 4.52. The molecule has 0 aliphatic rings. The third-order valence-corrected chi connectivity index (χ3v) is 5.16. The number of hydrogen-bond acceptors (Lipinski definition) is 14. The SMILES string of the molecule is CC(O)C[N+](C)(C)CC(C)O.CC(O)C[N+](C)(C)CC(C)O.CC(O)C[N+](C)(C)CC(C)O.COS(=O)(=O)[O-].O=S(=O)([O-])[O-]. The second kappa shape index (κ2) is 24.5. The molecular formula is C25H63N3O14S2. The second-order valence-electron chi connectivity index (χ2n) is 13.0. The van der Waals surface area contributed by atoms with Crippen molar-refractivity contribution in [2.24, 2.45) is 0 Å². The van der Waals surface area contributed by atoms with Gasteiger partial charge in [-0.1, -0.05) is 0 Å². The van der Waals surface area contributed by atoms with Crippen LogP contribution < -0.4 is 0 Å². The molecule has 0 bridgehead atoms. The number of aliphatic hydroxyl groups excluding tert-OH is 6. The number of hydrogen-bond donors (Lipinski definition) is 6. The van der Waals surface area contributed by atoms with E-state index in [4.69, 9.17) is 48.2 Å². The van der Waals surface area contributed by atoms with Crippen molar-refractivity contribution >= 4 is 20.8 Å². The van der Waals surface area contributed by atoms with E-state index in [1.807, 2.05) is 42.3 Å². The fourth-order valence-corrected chi connectivity index (χ4v) is 4.52. The van der Waals surface area contributed by atoms with Gasteiger partial charge in [0.15, 0.2) is 0 Å². The van der Waals surface area contributed by atoms with Crippen LogP contribution in [0, 0.1) is 0 Å². The molecule has 0 aromatic rings. The highest BCUT2D eigenvalue weighted by atomic mass is 32.3. The Kier molecular flexibility index (Phi) is 29.5. The number of rotatable bonds is 13. The predicted octanol–water partition coefficient (Wildman–Crippen LogP) is -2.77. The van der Waals surface area contributed by atoms with Crippen LogP contribution in [0.5, 0.6) is 0 Å². The molecule has 0 aromatic carbocycles. The first-order valence-electron chi connectivity index (χ1n) is 13.8. The minimum absolute atomic E-state index is 0.302. The average Bonchev–Trinajstić information content (AvgIpc) is 2.60. The largest absolute Gasteiger partial charge is 0.759 e. The van der Waals surface area contributed by atoms with Gasteiger partial charge in [0.2, 0.25) is 10.4 Å². The molecule has 0 radical (unpaired) electrons. The van der Waals surface area contributed by atoms with Crippen molar-refractivity contribution in [3.63, 3.8) is 0 Å². The monoisotopic (exact) mass is 693 g/mol. The van der Waals surface area contributed by atoms with Crippen LogP contribution in [0.1, 0.15) is 41.5 Å². The molecule has 0 spiro atoms. The van der Waals surface area contributed by atoms with E-state index in [2.05, 4.69) is 4.18 Å². The van der Waals surface area contributed by atoms with Gasteiger partial charge in [0, 0.05) is 10.4 Å². The summed E-state index contributed by atoms with van der Waals surface area (Å²) in [6, 6.07) is 0. The van der Waals surface area contributed by atoms with Crippen molar-refractivity contribution in [1.29, 1.82) is 0 Å². The van der Waals surface area contributed by atoms with Crippen molar-refractivity contribution in [1.82, 2.24) is 0 Å². The summed E-state index contributed by atoms with van der Waals surface area (Å²) < 4.78 is 67.1. The zero-order chi connectivity index (χ0) is 36.9. The number of likely N-dealkylation sites (N-methyl/N-ethyl adjacent to an activating group) is 3. The van der Waals surface area contributed by atoms with Crippen LogP contribution in [-0.4, -0.2) is 200 Å². The molecule has 44 heavy (non-hydrogen) atoms. The Hall–Kier alpha value is -0.620. The van der Waals surface area contributed by atoms with Crippen LogP contribution >= 0.6 is 0 Å². The lowest BCUT2D eigenvalue weighted by Gasteiger charge is -2.31. The van der Waals surface area contributed by atoms with E-state index in [0.717, 1.165) is 7.11 Å². The quantitative estimate of drug-likeness (QED) is 0.0648. The van der Waals surface area contributed by atoms with Crippen molar-refractivity contribution in [3.8, 4) is 0 Å². The molecule has 6 unspecified atom stereocenters. The molecule has 0 saturated carbocycles. The van der Waals surface area contributed by atoms with Gasteiger partial charge < -0.3 is 57.7 Å². The first kappa shape index (κ1) is 52.9. The van der Waals surface area contributed by atoms with Crippen molar-refractivity contribution in [2.75, 3.05) is 88.7 Å². The van der Waals surface area contributed by atoms with Gasteiger partial charge in [0.25, 0.3) is 0 Å². The van der Waals surface area contributed by atoms with Gasteiger partial charge in [-0.05, 0) is 41.5 Å². The number of nitrogens with zero attached hydrogens (tertiary/aromatic N) is 3. The van der Waals surface area contributed by atoms with E-state index in [9.17, 15) is 13.0 Å². The Morgan fingerprint density at radius 2 is 0.568 bits per heavy atom. The van der Waals surface area contributed by atoms with Crippen LogP contribution in [0.2, 0.25) is 0 Å². The van der Waals surface area contributed by atoms with E-state index in [1.54, 1.807) is 41.5 Å². The van der Waals surface area contributed by atoms with E-state index in [1.165, 1.54) is 0 Å². The lowest BCUT2D eigenvalue weighted by atomic mass is 10.3. The van der Waals surface area contributed by atoms with Gasteiger partial charge >= 0.3 is 0 Å². The van der Waals surface area contributed by atoms with E-state index in [0.29, 0.717) is 52.7 Å². The molecule has 274 valence electrons. The molecule has 0 fully saturated rings. The highest BCUT2D eigenvalue weighted by Crippen LogP contribution is 2.03. The minimum atomic E-state index is -5.17. The summed E-state index contributed by atoms with van der Waals surface area (Å²) in [6.45, 7) is 14.7. The Morgan fingerprint density at radius 3 is 0.614 bits per heavy atom. The van der Waals surface area contributed by atoms with Crippen LogP contribution in [0.4, 0.5) is 0 Å². The smallest absolute Gasteiger partial charge is 0.217 e.